The summed E-state index contributed by atoms with van der Waals surface area (Å²) in [7, 11) is 0. The summed E-state index contributed by atoms with van der Waals surface area (Å²) >= 11 is 5.88. The number of anilines is 2. The predicted molar refractivity (Wildman–Crippen MR) is 115 cm³/mol. The van der Waals surface area contributed by atoms with Gasteiger partial charge in [0.1, 0.15) is 5.69 Å². The molecule has 1 saturated carbocycles. The van der Waals surface area contributed by atoms with Crippen molar-refractivity contribution in [1.82, 2.24) is 0 Å². The lowest BCUT2D eigenvalue weighted by Crippen LogP contribution is -2.30. The second-order valence-corrected chi connectivity index (χ2v) is 8.21. The Labute approximate surface area is 179 Å². The number of halogens is 1. The van der Waals surface area contributed by atoms with Crippen molar-refractivity contribution in [2.24, 2.45) is 11.8 Å². The zero-order valence-corrected chi connectivity index (χ0v) is 17.1. The van der Waals surface area contributed by atoms with Gasteiger partial charge in [-0.25, -0.2) is 4.90 Å². The Bertz CT molecular complexity index is 968. The van der Waals surface area contributed by atoms with E-state index >= 15 is 0 Å². The first-order chi connectivity index (χ1) is 14.5. The van der Waals surface area contributed by atoms with Crippen LogP contribution in [-0.4, -0.2) is 23.3 Å². The average Bonchev–Trinajstić information content (AvgIpc) is 3.00. The smallest absolute Gasteiger partial charge is 0.294 e. The summed E-state index contributed by atoms with van der Waals surface area (Å²) in [6.07, 6.45) is 3.95. The van der Waals surface area contributed by atoms with E-state index in [2.05, 4.69) is 5.32 Å². The SMILES string of the molecule is O=C1[C@@H]2CCCC[C@H]2C(=O)N1c1ccc(NCCc2ccc(Cl)cc2)c([N+](=O)[O-])c1. The molecule has 0 aromatic heterocycles. The number of benzene rings is 2. The highest BCUT2D eigenvalue weighted by atomic mass is 35.5. The molecule has 2 amide bonds. The number of rotatable bonds is 6. The molecule has 8 heteroatoms. The Hall–Kier alpha value is -2.93. The molecule has 2 fully saturated rings. The fourth-order valence-corrected chi connectivity index (χ4v) is 4.49. The maximum atomic E-state index is 12.8. The Morgan fingerprint density at radius 1 is 1.03 bits per heavy atom. The van der Waals surface area contributed by atoms with E-state index in [0.29, 0.717) is 36.5 Å². The van der Waals surface area contributed by atoms with Crippen molar-refractivity contribution in [3.05, 3.63) is 63.2 Å². The van der Waals surface area contributed by atoms with Gasteiger partial charge in [0.2, 0.25) is 11.8 Å². The summed E-state index contributed by atoms with van der Waals surface area (Å²) in [4.78, 5) is 37.8. The Kier molecular flexibility index (Phi) is 5.72. The first kappa shape index (κ1) is 20.3. The molecule has 1 saturated heterocycles. The number of nitro groups is 1. The number of hydrogen-bond donors (Lipinski definition) is 1. The number of hydrogen-bond acceptors (Lipinski definition) is 5. The van der Waals surface area contributed by atoms with Crippen molar-refractivity contribution < 1.29 is 14.5 Å². The van der Waals surface area contributed by atoms with E-state index in [1.54, 1.807) is 24.3 Å². The van der Waals surface area contributed by atoms with Crippen molar-refractivity contribution >= 4 is 40.5 Å². The summed E-state index contributed by atoms with van der Waals surface area (Å²) in [6, 6.07) is 11.9. The van der Waals surface area contributed by atoms with E-state index in [0.717, 1.165) is 23.3 Å². The summed E-state index contributed by atoms with van der Waals surface area (Å²) in [5.41, 5.74) is 1.53. The first-order valence-corrected chi connectivity index (χ1v) is 10.5. The zero-order chi connectivity index (χ0) is 21.3. The number of nitrogens with zero attached hydrogens (tertiary/aromatic N) is 2. The monoisotopic (exact) mass is 427 g/mol. The van der Waals surface area contributed by atoms with Gasteiger partial charge in [-0.05, 0) is 49.1 Å². The van der Waals surface area contributed by atoms with Crippen LogP contribution < -0.4 is 10.2 Å². The van der Waals surface area contributed by atoms with Gasteiger partial charge in [0.25, 0.3) is 5.69 Å². The predicted octanol–water partition coefficient (Wildman–Crippen LogP) is 4.58. The number of fused-ring (bicyclic) bond motifs is 1. The molecular weight excluding hydrogens is 406 g/mol. The second-order valence-electron chi connectivity index (χ2n) is 7.77. The number of nitrogens with one attached hydrogen (secondary N) is 1. The zero-order valence-electron chi connectivity index (χ0n) is 16.3. The van der Waals surface area contributed by atoms with E-state index < -0.39 is 4.92 Å². The van der Waals surface area contributed by atoms with Crippen LogP contribution in [0, 0.1) is 22.0 Å². The standard InChI is InChI=1S/C22H22ClN3O4/c23-15-7-5-14(6-8-15)11-12-24-19-10-9-16(13-20(19)26(29)30)25-21(27)17-3-1-2-4-18(17)22(25)28/h5-10,13,17-18,24H,1-4,11-12H2/t17-,18-/m1/s1. The van der Waals surface area contributed by atoms with Crippen molar-refractivity contribution in [2.45, 2.75) is 32.1 Å². The molecule has 7 nitrogen and oxygen atoms in total. The lowest BCUT2D eigenvalue weighted by atomic mass is 9.81. The normalized spacial score (nSPS) is 20.9. The number of carbonyl (C=O) groups excluding carboxylic acids is 2. The number of amides is 2. The van der Waals surface area contributed by atoms with Gasteiger partial charge in [-0.1, -0.05) is 36.6 Å². The fourth-order valence-electron chi connectivity index (χ4n) is 4.37. The molecule has 156 valence electrons. The molecule has 1 N–H and O–H groups in total. The van der Waals surface area contributed by atoms with Crippen LogP contribution in [0.15, 0.2) is 42.5 Å². The maximum Gasteiger partial charge on any atom is 0.294 e. The Morgan fingerprint density at radius 3 is 2.27 bits per heavy atom. The van der Waals surface area contributed by atoms with Crippen LogP contribution in [0.3, 0.4) is 0 Å². The lowest BCUT2D eigenvalue weighted by Gasteiger charge is -2.19. The summed E-state index contributed by atoms with van der Waals surface area (Å²) < 4.78 is 0. The van der Waals surface area contributed by atoms with Gasteiger partial charge in [-0.15, -0.1) is 0 Å². The summed E-state index contributed by atoms with van der Waals surface area (Å²) in [5, 5.41) is 15.4. The maximum absolute atomic E-state index is 12.8. The topological polar surface area (TPSA) is 92.6 Å². The molecule has 2 atom stereocenters. The van der Waals surface area contributed by atoms with E-state index in [9.17, 15) is 19.7 Å². The highest BCUT2D eigenvalue weighted by Gasteiger charge is 2.49. The molecule has 4 rings (SSSR count). The van der Waals surface area contributed by atoms with Crippen LogP contribution in [0.25, 0.3) is 0 Å². The quantitative estimate of drug-likeness (QED) is 0.413. The molecule has 1 heterocycles. The van der Waals surface area contributed by atoms with Crippen LogP contribution in [-0.2, 0) is 16.0 Å². The van der Waals surface area contributed by atoms with Gasteiger partial charge in [-0.3, -0.25) is 19.7 Å². The highest BCUT2D eigenvalue weighted by Crippen LogP contribution is 2.41. The molecule has 2 aromatic rings. The molecule has 2 aromatic carbocycles. The first-order valence-electron chi connectivity index (χ1n) is 10.1. The molecule has 0 unspecified atom stereocenters. The van der Waals surface area contributed by atoms with Crippen LogP contribution >= 0.6 is 11.6 Å². The molecule has 2 aliphatic rings. The Morgan fingerprint density at radius 2 is 1.67 bits per heavy atom. The van der Waals surface area contributed by atoms with Crippen molar-refractivity contribution in [1.29, 1.82) is 0 Å². The van der Waals surface area contributed by atoms with Crippen LogP contribution in [0.1, 0.15) is 31.2 Å². The third kappa shape index (κ3) is 3.89. The minimum atomic E-state index is -0.494. The van der Waals surface area contributed by atoms with Crippen molar-refractivity contribution in [3.8, 4) is 0 Å². The molecule has 1 aliphatic heterocycles. The van der Waals surface area contributed by atoms with Crippen LogP contribution in [0.4, 0.5) is 17.1 Å². The molecular formula is C22H22ClN3O4. The number of carbonyl (C=O) groups is 2. The lowest BCUT2D eigenvalue weighted by molar-refractivity contribution is -0.383. The third-order valence-electron chi connectivity index (χ3n) is 5.92. The van der Waals surface area contributed by atoms with E-state index in [1.807, 2.05) is 12.1 Å². The minimum absolute atomic E-state index is 0.154. The van der Waals surface area contributed by atoms with Crippen molar-refractivity contribution in [3.63, 3.8) is 0 Å². The van der Waals surface area contributed by atoms with Gasteiger partial charge in [0, 0.05) is 17.6 Å². The molecule has 0 bridgehead atoms. The number of imide groups is 1. The summed E-state index contributed by atoms with van der Waals surface area (Å²) in [5.74, 6) is -1.05. The van der Waals surface area contributed by atoms with Crippen molar-refractivity contribution in [2.75, 3.05) is 16.8 Å². The molecule has 30 heavy (non-hydrogen) atoms. The van der Waals surface area contributed by atoms with Gasteiger partial charge in [0.15, 0.2) is 0 Å². The Balaban J connectivity index is 1.52. The summed E-state index contributed by atoms with van der Waals surface area (Å²) in [6.45, 7) is 0.494. The van der Waals surface area contributed by atoms with Crippen LogP contribution in [0.2, 0.25) is 5.02 Å². The number of nitro benzene ring substituents is 1. The second kappa shape index (κ2) is 8.44. The van der Waals surface area contributed by atoms with Crippen LogP contribution in [0.5, 0.6) is 0 Å². The van der Waals surface area contributed by atoms with Gasteiger partial charge in [0.05, 0.1) is 22.4 Å². The average molecular weight is 428 g/mol. The van der Waals surface area contributed by atoms with Gasteiger partial charge < -0.3 is 5.32 Å². The molecule has 0 spiro atoms. The van der Waals surface area contributed by atoms with E-state index in [-0.39, 0.29) is 35.0 Å². The van der Waals surface area contributed by atoms with E-state index in [4.69, 9.17) is 11.6 Å². The van der Waals surface area contributed by atoms with Gasteiger partial charge in [-0.2, -0.15) is 0 Å². The molecule has 1 aliphatic carbocycles. The fraction of sp³-hybridized carbons (Fsp3) is 0.364. The van der Waals surface area contributed by atoms with E-state index in [1.165, 1.54) is 6.07 Å². The van der Waals surface area contributed by atoms with Gasteiger partial charge >= 0.3 is 0 Å². The highest BCUT2D eigenvalue weighted by molar-refractivity contribution is 6.30. The molecule has 0 radical (unpaired) electrons. The largest absolute Gasteiger partial charge is 0.379 e. The third-order valence-corrected chi connectivity index (χ3v) is 6.17. The minimum Gasteiger partial charge on any atom is -0.379 e.